The maximum Gasteiger partial charge on any atom is 0.264 e. The molecular weight excluding hydrogens is 324 g/mol. The predicted octanol–water partition coefficient (Wildman–Crippen LogP) is 2.27. The highest BCUT2D eigenvalue weighted by atomic mass is 32.2. The average molecular weight is 348 g/mol. The summed E-state index contributed by atoms with van der Waals surface area (Å²) in [5.41, 5.74) is 5.74. The van der Waals surface area contributed by atoms with Crippen molar-refractivity contribution >= 4 is 15.9 Å². The molecule has 3 N–H and O–H groups in total. The van der Waals surface area contributed by atoms with Crippen LogP contribution in [0.3, 0.4) is 0 Å². The standard InChI is InChI=1S/C18H24N2O3S/c19-18-13-15(18)11-6-4-2-1-3-5-9-14-10-7-8-12-16(14)24(22,23)20-17(18)21/h6-8,10-12,15H,1-5,9,13,19H2,(H,20,21)/b11-6-/t15-,18-/m1/s1. The molecule has 0 unspecified atom stereocenters. The Morgan fingerprint density at radius 2 is 1.88 bits per heavy atom. The van der Waals surface area contributed by atoms with Crippen LogP contribution in [0.15, 0.2) is 41.3 Å². The van der Waals surface area contributed by atoms with Crippen LogP contribution in [0.5, 0.6) is 0 Å². The SMILES string of the molecule is N[C@]12C[C@H]1/C=C\CCCCCCc1ccccc1S(=O)(=O)NC2=O. The second kappa shape index (κ2) is 6.69. The third-order valence-electron chi connectivity index (χ3n) is 4.91. The van der Waals surface area contributed by atoms with Crippen molar-refractivity contribution in [1.82, 2.24) is 4.72 Å². The largest absolute Gasteiger partial charge is 0.317 e. The lowest BCUT2D eigenvalue weighted by molar-refractivity contribution is -0.121. The van der Waals surface area contributed by atoms with E-state index in [0.29, 0.717) is 12.8 Å². The minimum atomic E-state index is -3.90. The molecule has 1 heterocycles. The normalized spacial score (nSPS) is 31.5. The quantitative estimate of drug-likeness (QED) is 0.704. The zero-order chi connectivity index (χ0) is 17.2. The second-order valence-electron chi connectivity index (χ2n) is 6.77. The first-order valence-corrected chi connectivity index (χ1v) is 10.0. The molecule has 1 aliphatic heterocycles. The number of benzene rings is 1. The monoisotopic (exact) mass is 348 g/mol. The van der Waals surface area contributed by atoms with Crippen molar-refractivity contribution in [2.75, 3.05) is 0 Å². The van der Waals surface area contributed by atoms with E-state index in [0.717, 1.165) is 37.7 Å². The van der Waals surface area contributed by atoms with Gasteiger partial charge >= 0.3 is 0 Å². The summed E-state index contributed by atoms with van der Waals surface area (Å²) in [7, 11) is -3.90. The number of rotatable bonds is 0. The number of hydrogen-bond donors (Lipinski definition) is 2. The lowest BCUT2D eigenvalue weighted by Gasteiger charge is -2.14. The molecule has 0 saturated heterocycles. The van der Waals surface area contributed by atoms with Crippen LogP contribution in [0.4, 0.5) is 0 Å². The van der Waals surface area contributed by atoms with Crippen LogP contribution in [-0.2, 0) is 21.2 Å². The number of aryl methyl sites for hydroxylation is 1. The first-order chi connectivity index (χ1) is 11.4. The zero-order valence-corrected chi connectivity index (χ0v) is 14.5. The van der Waals surface area contributed by atoms with E-state index in [4.69, 9.17) is 5.73 Å². The van der Waals surface area contributed by atoms with Crippen LogP contribution in [0.25, 0.3) is 0 Å². The summed E-state index contributed by atoms with van der Waals surface area (Å²) in [5, 5.41) is 0. The maximum atomic E-state index is 12.6. The topological polar surface area (TPSA) is 89.3 Å². The minimum absolute atomic E-state index is 0.0759. The molecule has 1 aromatic carbocycles. The van der Waals surface area contributed by atoms with E-state index in [1.54, 1.807) is 12.1 Å². The minimum Gasteiger partial charge on any atom is -0.317 e. The van der Waals surface area contributed by atoms with Gasteiger partial charge in [-0.1, -0.05) is 43.2 Å². The predicted molar refractivity (Wildman–Crippen MR) is 92.7 cm³/mol. The van der Waals surface area contributed by atoms with Gasteiger partial charge in [-0.15, -0.1) is 0 Å². The highest BCUT2D eigenvalue weighted by Gasteiger charge is 2.56. The number of allylic oxidation sites excluding steroid dienone is 1. The summed E-state index contributed by atoms with van der Waals surface area (Å²) in [6.07, 6.45) is 10.4. The number of sulfonamides is 1. The van der Waals surface area contributed by atoms with Gasteiger partial charge in [0.25, 0.3) is 15.9 Å². The number of amides is 1. The number of carbonyl (C=O) groups excluding carboxylic acids is 1. The van der Waals surface area contributed by atoms with Gasteiger partial charge in [-0.05, 0) is 43.7 Å². The maximum absolute atomic E-state index is 12.6. The molecule has 2 aliphatic rings. The molecular formula is C18H24N2O3S. The van der Waals surface area contributed by atoms with E-state index < -0.39 is 21.5 Å². The van der Waals surface area contributed by atoms with E-state index in [-0.39, 0.29) is 10.8 Å². The Balaban J connectivity index is 1.89. The zero-order valence-electron chi connectivity index (χ0n) is 13.7. The van der Waals surface area contributed by atoms with Crippen molar-refractivity contribution in [3.63, 3.8) is 0 Å². The molecule has 1 amide bonds. The molecule has 0 radical (unpaired) electrons. The van der Waals surface area contributed by atoms with Crippen molar-refractivity contribution in [3.05, 3.63) is 42.0 Å². The molecule has 1 aromatic rings. The molecule has 0 spiro atoms. The number of fused-ring (bicyclic) bond motifs is 2. The van der Waals surface area contributed by atoms with Crippen LogP contribution in [-0.4, -0.2) is 19.9 Å². The number of carbonyl (C=O) groups is 1. The van der Waals surface area contributed by atoms with Gasteiger partial charge in [-0.3, -0.25) is 4.79 Å². The van der Waals surface area contributed by atoms with Crippen molar-refractivity contribution in [2.45, 2.75) is 55.4 Å². The first kappa shape index (κ1) is 17.2. The lowest BCUT2D eigenvalue weighted by Crippen LogP contribution is -2.46. The van der Waals surface area contributed by atoms with Gasteiger partial charge in [0.05, 0.1) is 4.90 Å². The Hall–Kier alpha value is -1.66. The van der Waals surface area contributed by atoms with Crippen LogP contribution in [0, 0.1) is 5.92 Å². The molecule has 5 nitrogen and oxygen atoms in total. The van der Waals surface area contributed by atoms with Gasteiger partial charge in [0.2, 0.25) is 0 Å². The molecule has 130 valence electrons. The molecule has 0 bridgehead atoms. The van der Waals surface area contributed by atoms with E-state index >= 15 is 0 Å². The Labute approximate surface area is 143 Å². The Kier molecular flexibility index (Phi) is 4.78. The summed E-state index contributed by atoms with van der Waals surface area (Å²) in [6.45, 7) is 0. The van der Waals surface area contributed by atoms with Gasteiger partial charge < -0.3 is 5.73 Å². The molecule has 2 atom stereocenters. The number of nitrogens with two attached hydrogens (primary N) is 1. The van der Waals surface area contributed by atoms with Crippen LogP contribution >= 0.6 is 0 Å². The molecule has 6 heteroatoms. The lowest BCUT2D eigenvalue weighted by atomic mass is 10.1. The van der Waals surface area contributed by atoms with Crippen LogP contribution in [0.2, 0.25) is 0 Å². The van der Waals surface area contributed by atoms with Crippen LogP contribution < -0.4 is 10.5 Å². The van der Waals surface area contributed by atoms with E-state index in [1.807, 2.05) is 18.2 Å². The molecule has 1 fully saturated rings. The highest BCUT2D eigenvalue weighted by molar-refractivity contribution is 7.90. The van der Waals surface area contributed by atoms with Gasteiger partial charge in [0, 0.05) is 5.92 Å². The smallest absolute Gasteiger partial charge is 0.264 e. The van der Waals surface area contributed by atoms with Gasteiger partial charge in [0.1, 0.15) is 5.54 Å². The van der Waals surface area contributed by atoms with Crippen LogP contribution in [0.1, 0.15) is 44.1 Å². The second-order valence-corrected chi connectivity index (χ2v) is 8.43. The van der Waals surface area contributed by atoms with Gasteiger partial charge in [-0.25, -0.2) is 13.1 Å². The van der Waals surface area contributed by atoms with Gasteiger partial charge in [-0.2, -0.15) is 0 Å². The fourth-order valence-corrected chi connectivity index (χ4v) is 4.56. The molecule has 0 aromatic heterocycles. The summed E-state index contributed by atoms with van der Waals surface area (Å²) in [5.74, 6) is -0.685. The highest BCUT2D eigenvalue weighted by Crippen LogP contribution is 2.42. The fourth-order valence-electron chi connectivity index (χ4n) is 3.24. The summed E-state index contributed by atoms with van der Waals surface area (Å²) in [6, 6.07) is 6.88. The van der Waals surface area contributed by atoms with E-state index in [1.165, 1.54) is 0 Å². The molecule has 1 aliphatic carbocycles. The summed E-state index contributed by atoms with van der Waals surface area (Å²) < 4.78 is 27.5. The molecule has 3 rings (SSSR count). The summed E-state index contributed by atoms with van der Waals surface area (Å²) >= 11 is 0. The number of nitrogens with one attached hydrogen (secondary N) is 1. The van der Waals surface area contributed by atoms with Crippen molar-refractivity contribution < 1.29 is 13.2 Å². The first-order valence-electron chi connectivity index (χ1n) is 8.54. The molecule has 1 saturated carbocycles. The van der Waals surface area contributed by atoms with Crippen molar-refractivity contribution in [3.8, 4) is 0 Å². The Morgan fingerprint density at radius 3 is 2.71 bits per heavy atom. The van der Waals surface area contributed by atoms with E-state index in [9.17, 15) is 13.2 Å². The Bertz CT molecular complexity index is 757. The third-order valence-corrected chi connectivity index (χ3v) is 6.34. The Morgan fingerprint density at radius 1 is 1.12 bits per heavy atom. The van der Waals surface area contributed by atoms with Gasteiger partial charge in [0.15, 0.2) is 0 Å². The van der Waals surface area contributed by atoms with Crippen molar-refractivity contribution in [2.24, 2.45) is 11.7 Å². The average Bonchev–Trinajstić information content (AvgIpc) is 3.21. The third kappa shape index (κ3) is 3.54. The summed E-state index contributed by atoms with van der Waals surface area (Å²) in [4.78, 5) is 12.6. The van der Waals surface area contributed by atoms with E-state index in [2.05, 4.69) is 10.8 Å². The fraction of sp³-hybridized carbons (Fsp3) is 0.500. The molecule has 24 heavy (non-hydrogen) atoms. The number of hydrogen-bond acceptors (Lipinski definition) is 4. The van der Waals surface area contributed by atoms with Crippen molar-refractivity contribution in [1.29, 1.82) is 0 Å².